The van der Waals surface area contributed by atoms with Gasteiger partial charge in [0.1, 0.15) is 54.1 Å². The normalized spacial score (nSPS) is 14.7. The lowest BCUT2D eigenvalue weighted by atomic mass is 10.0. The second-order valence-corrected chi connectivity index (χ2v) is 19.8. The van der Waals surface area contributed by atoms with E-state index < -0.39 is 133 Å². The van der Waals surface area contributed by atoms with Crippen LogP contribution in [0.1, 0.15) is 99.0 Å². The van der Waals surface area contributed by atoms with Crippen molar-refractivity contribution < 1.29 is 68.4 Å². The number of unbranched alkanes of at least 4 members (excludes halogenated alkanes) is 1. The van der Waals surface area contributed by atoms with Gasteiger partial charge in [0, 0.05) is 13.0 Å². The summed E-state index contributed by atoms with van der Waals surface area (Å²) in [5, 5.41) is 61.8. The summed E-state index contributed by atoms with van der Waals surface area (Å²) in [5.41, 5.74) is 22.6. The summed E-state index contributed by atoms with van der Waals surface area (Å²) in [6, 6.07) is -6.48. The molecule has 0 aromatic heterocycles. The predicted molar refractivity (Wildman–Crippen MR) is 282 cm³/mol. The SMILES string of the molecule is CC(C)C[C@H](NC(=O)[C@H](C)NC(=O)[C@H](CO)NC(=O)[C@H](CC(C)C)NC(=O)[C@H](Cc1ccc(O)cc1)NC(=O)CNC(=O)[C@H](CCCCN)NC(=O)[C@H](CO)NC(=O)[C@@H](N)C(C)C)C(=O)N[C@@H](CCCN=C(N)N)C(=O)O. The molecular weight excluding hydrogens is 1010 g/mol. The first-order valence-electron chi connectivity index (χ1n) is 25.6. The van der Waals surface area contributed by atoms with Crippen LogP contribution in [0.3, 0.4) is 0 Å². The number of hydrogen-bond donors (Lipinski definition) is 17. The van der Waals surface area contributed by atoms with Crippen LogP contribution in [0.2, 0.25) is 0 Å². The third kappa shape index (κ3) is 26.4. The summed E-state index contributed by atoms with van der Waals surface area (Å²) in [5.74, 6) is -10.1. The first kappa shape index (κ1) is 67.8. The number of nitrogens with one attached hydrogen (secondary N) is 9. The van der Waals surface area contributed by atoms with Gasteiger partial charge in [-0.15, -0.1) is 0 Å². The molecule has 21 N–H and O–H groups in total. The number of aliphatic hydroxyl groups is 2. The molecule has 9 atom stereocenters. The monoisotopic (exact) mass is 1090 g/mol. The van der Waals surface area contributed by atoms with Crippen molar-refractivity contribution in [3.63, 3.8) is 0 Å². The number of hydrogen-bond acceptors (Lipinski definition) is 16. The van der Waals surface area contributed by atoms with Crippen molar-refractivity contribution in [2.75, 3.05) is 32.8 Å². The molecule has 0 aliphatic rings. The molecule has 0 radical (unpaired) electrons. The lowest BCUT2D eigenvalue weighted by molar-refractivity contribution is -0.142. The Labute approximate surface area is 448 Å². The van der Waals surface area contributed by atoms with Crippen molar-refractivity contribution in [2.24, 2.45) is 45.7 Å². The molecule has 0 aliphatic heterocycles. The average molecular weight is 1090 g/mol. The Morgan fingerprint density at radius 3 is 1.49 bits per heavy atom. The van der Waals surface area contributed by atoms with E-state index in [4.69, 9.17) is 22.9 Å². The molecule has 0 heterocycles. The highest BCUT2D eigenvalue weighted by atomic mass is 16.4. The second-order valence-electron chi connectivity index (χ2n) is 19.8. The topological polar surface area (TPSA) is 476 Å². The minimum atomic E-state index is -1.68. The van der Waals surface area contributed by atoms with E-state index in [1.54, 1.807) is 41.5 Å². The Morgan fingerprint density at radius 1 is 0.545 bits per heavy atom. The van der Waals surface area contributed by atoms with E-state index in [2.05, 4.69) is 52.8 Å². The van der Waals surface area contributed by atoms with E-state index in [-0.39, 0.29) is 81.1 Å². The van der Waals surface area contributed by atoms with Crippen LogP contribution in [0.4, 0.5) is 0 Å². The van der Waals surface area contributed by atoms with Gasteiger partial charge in [-0.3, -0.25) is 48.1 Å². The van der Waals surface area contributed by atoms with E-state index in [9.17, 15) is 68.4 Å². The summed E-state index contributed by atoms with van der Waals surface area (Å²) in [7, 11) is 0. The number of phenolic OH excluding ortho intramolecular Hbond substituents is 1. The maximum atomic E-state index is 14.1. The number of rotatable bonds is 36. The zero-order valence-electron chi connectivity index (χ0n) is 45.1. The quantitative estimate of drug-likeness (QED) is 0.0170. The smallest absolute Gasteiger partial charge is 0.326 e. The number of carboxylic acid groups (broad SMARTS) is 1. The van der Waals surface area contributed by atoms with Crippen molar-refractivity contribution in [1.29, 1.82) is 0 Å². The molecule has 434 valence electrons. The summed E-state index contributed by atoms with van der Waals surface area (Å²) >= 11 is 0. The fraction of sp³-hybridized carbons (Fsp3) is 0.653. The van der Waals surface area contributed by atoms with E-state index in [0.29, 0.717) is 18.4 Å². The molecule has 0 aliphatic carbocycles. The summed E-state index contributed by atoms with van der Waals surface area (Å²) in [4.78, 5) is 136. The Hall–Kier alpha value is -7.17. The van der Waals surface area contributed by atoms with Gasteiger partial charge in [0.25, 0.3) is 0 Å². The second kappa shape index (κ2) is 35.2. The van der Waals surface area contributed by atoms with E-state index in [0.717, 1.165) is 0 Å². The third-order valence-electron chi connectivity index (χ3n) is 11.7. The van der Waals surface area contributed by atoms with Crippen molar-refractivity contribution in [3.05, 3.63) is 29.8 Å². The van der Waals surface area contributed by atoms with E-state index in [1.165, 1.54) is 31.2 Å². The number of phenols is 1. The summed E-state index contributed by atoms with van der Waals surface area (Å²) in [6.45, 7) is 9.53. The van der Waals surface area contributed by atoms with Crippen molar-refractivity contribution in [1.82, 2.24) is 47.9 Å². The first-order chi connectivity index (χ1) is 36.1. The number of carboxylic acids is 1. The van der Waals surface area contributed by atoms with Gasteiger partial charge in [0.15, 0.2) is 5.96 Å². The molecule has 0 spiro atoms. The highest BCUT2D eigenvalue weighted by Gasteiger charge is 2.34. The fourth-order valence-corrected chi connectivity index (χ4v) is 7.27. The van der Waals surface area contributed by atoms with Crippen LogP contribution < -0.4 is 70.8 Å². The molecular formula is C49H84N14O14. The molecule has 0 unspecified atom stereocenters. The number of aliphatic imine (C=N–C) groups is 1. The maximum absolute atomic E-state index is 14.1. The van der Waals surface area contributed by atoms with Gasteiger partial charge >= 0.3 is 5.97 Å². The molecule has 1 aromatic rings. The van der Waals surface area contributed by atoms with Crippen LogP contribution >= 0.6 is 0 Å². The standard InChI is InChI=1S/C49H84N14O14/c1-25(2)19-33(42(70)59-32(48(76)77)12-10-18-54-49(52)53)60-40(68)28(7)56-45(73)36(23-64)62-43(71)34(20-26(3)4)61-44(72)35(21-29-13-15-30(66)16-14-29)57-38(67)22-55-41(69)31(11-8-9-17-50)58-46(74)37(24-65)63-47(75)39(51)27(5)6/h13-16,25-28,31-37,39,64-66H,8-12,17-24,50-51H2,1-7H3,(H,55,69)(H,56,73)(H,57,67)(H,58,74)(H,59,70)(H,60,68)(H,61,72)(H,62,71)(H,63,75)(H,76,77)(H4,52,53,54)/t28-,31-,32-,33-,34-,35-,36-,37-,39-/m0/s1. The number of aromatic hydroxyl groups is 1. The van der Waals surface area contributed by atoms with Gasteiger partial charge < -0.3 is 91.2 Å². The number of carbonyl (C=O) groups is 10. The van der Waals surface area contributed by atoms with E-state index in [1.807, 2.05) is 0 Å². The van der Waals surface area contributed by atoms with Gasteiger partial charge in [-0.25, -0.2) is 4.79 Å². The van der Waals surface area contributed by atoms with Gasteiger partial charge in [-0.05, 0) is 93.9 Å². The minimum Gasteiger partial charge on any atom is -0.508 e. The largest absolute Gasteiger partial charge is 0.508 e. The molecule has 9 amide bonds. The Morgan fingerprint density at radius 2 is 1.00 bits per heavy atom. The highest BCUT2D eigenvalue weighted by molar-refractivity contribution is 5.98. The maximum Gasteiger partial charge on any atom is 0.326 e. The van der Waals surface area contributed by atoms with Crippen molar-refractivity contribution >= 4 is 65.1 Å². The minimum absolute atomic E-state index is 0.0208. The van der Waals surface area contributed by atoms with Crippen LogP contribution in [-0.4, -0.2) is 173 Å². The molecule has 28 heteroatoms. The number of aliphatic carboxylic acids is 1. The molecule has 1 rings (SSSR count). The fourth-order valence-electron chi connectivity index (χ4n) is 7.27. The van der Waals surface area contributed by atoms with Gasteiger partial charge in [-0.1, -0.05) is 53.7 Å². The van der Waals surface area contributed by atoms with Gasteiger partial charge in [0.2, 0.25) is 53.2 Å². The number of aliphatic hydroxyl groups excluding tert-OH is 2. The first-order valence-corrected chi connectivity index (χ1v) is 25.6. The molecule has 1 aromatic carbocycles. The lowest BCUT2D eigenvalue weighted by Gasteiger charge is -2.27. The van der Waals surface area contributed by atoms with Crippen molar-refractivity contribution in [2.45, 2.75) is 154 Å². The summed E-state index contributed by atoms with van der Waals surface area (Å²) in [6.07, 6.45) is 0.926. The van der Waals surface area contributed by atoms with Crippen LogP contribution in [0.25, 0.3) is 0 Å². The predicted octanol–water partition coefficient (Wildman–Crippen LogP) is -4.72. The van der Waals surface area contributed by atoms with Crippen LogP contribution in [0.5, 0.6) is 5.75 Å². The zero-order valence-corrected chi connectivity index (χ0v) is 45.1. The van der Waals surface area contributed by atoms with Crippen LogP contribution in [0.15, 0.2) is 29.3 Å². The van der Waals surface area contributed by atoms with Gasteiger partial charge in [0.05, 0.1) is 25.8 Å². The number of nitrogens with zero attached hydrogens (tertiary/aromatic N) is 1. The molecule has 0 bridgehead atoms. The Bertz CT molecular complexity index is 2140. The number of benzene rings is 1. The number of guanidine groups is 1. The van der Waals surface area contributed by atoms with Gasteiger partial charge in [-0.2, -0.15) is 0 Å². The highest BCUT2D eigenvalue weighted by Crippen LogP contribution is 2.14. The number of amides is 9. The van der Waals surface area contributed by atoms with Crippen LogP contribution in [0, 0.1) is 17.8 Å². The number of nitrogens with two attached hydrogens (primary N) is 4. The van der Waals surface area contributed by atoms with E-state index >= 15 is 0 Å². The van der Waals surface area contributed by atoms with Crippen molar-refractivity contribution in [3.8, 4) is 5.75 Å². The Balaban J connectivity index is 3.25. The molecule has 77 heavy (non-hydrogen) atoms. The third-order valence-corrected chi connectivity index (χ3v) is 11.7. The molecule has 28 nitrogen and oxygen atoms in total. The Kier molecular flexibility index (Phi) is 31.0. The number of carbonyl (C=O) groups excluding carboxylic acids is 9. The zero-order chi connectivity index (χ0) is 58.5. The van der Waals surface area contributed by atoms with Crippen LogP contribution in [-0.2, 0) is 54.4 Å². The summed E-state index contributed by atoms with van der Waals surface area (Å²) < 4.78 is 0. The lowest BCUT2D eigenvalue weighted by Crippen LogP contribution is -2.60. The molecule has 0 saturated heterocycles. The molecule has 0 saturated carbocycles. The molecule has 0 fully saturated rings. The average Bonchev–Trinajstić information content (AvgIpc) is 3.35.